The van der Waals surface area contributed by atoms with Gasteiger partial charge in [-0.05, 0) is 46.1 Å². The first-order valence-electron chi connectivity index (χ1n) is 7.38. The summed E-state index contributed by atoms with van der Waals surface area (Å²) >= 11 is 0. The fraction of sp³-hybridized carbons (Fsp3) is 0.733. The summed E-state index contributed by atoms with van der Waals surface area (Å²) in [6.45, 7) is 6.79. The van der Waals surface area contributed by atoms with Crippen LogP contribution in [0, 0.1) is 19.8 Å². The van der Waals surface area contributed by atoms with Gasteiger partial charge in [0, 0.05) is 11.7 Å². The lowest BCUT2D eigenvalue weighted by Gasteiger charge is -2.24. The van der Waals surface area contributed by atoms with Crippen molar-refractivity contribution in [2.24, 2.45) is 5.92 Å². The van der Waals surface area contributed by atoms with Crippen molar-refractivity contribution < 1.29 is 0 Å². The van der Waals surface area contributed by atoms with E-state index < -0.39 is 0 Å². The average molecular weight is 263 g/mol. The highest BCUT2D eigenvalue weighted by atomic mass is 16.1. The third-order valence-electron chi connectivity index (χ3n) is 4.13. The van der Waals surface area contributed by atoms with E-state index in [2.05, 4.69) is 22.2 Å². The first-order chi connectivity index (χ1) is 9.08. The molecule has 1 heterocycles. The lowest BCUT2D eigenvalue weighted by Crippen LogP contribution is -2.31. The van der Waals surface area contributed by atoms with E-state index in [4.69, 9.17) is 0 Å². The standard InChI is InChI=1S/C15H25N3O/c1-10(16-9-13-7-5-4-6-8-13)14-11(2)17-12(3)18-15(14)19/h10,13,16H,4-9H2,1-3H3,(H,17,18,19). The fourth-order valence-corrected chi connectivity index (χ4v) is 3.08. The van der Waals surface area contributed by atoms with Gasteiger partial charge in [0.15, 0.2) is 0 Å². The summed E-state index contributed by atoms with van der Waals surface area (Å²) in [5.41, 5.74) is 1.61. The van der Waals surface area contributed by atoms with E-state index in [0.29, 0.717) is 5.82 Å². The fourth-order valence-electron chi connectivity index (χ4n) is 3.08. The SMILES string of the molecule is Cc1nc(C)c(C(C)NCC2CCCCC2)c(=O)[nH]1. The monoisotopic (exact) mass is 263 g/mol. The lowest BCUT2D eigenvalue weighted by atomic mass is 9.89. The Hall–Kier alpha value is -1.16. The molecule has 0 aliphatic heterocycles. The van der Waals surface area contributed by atoms with Crippen molar-refractivity contribution in [2.45, 2.75) is 58.9 Å². The summed E-state index contributed by atoms with van der Waals surface area (Å²) in [4.78, 5) is 19.2. The van der Waals surface area contributed by atoms with E-state index in [1.165, 1.54) is 32.1 Å². The van der Waals surface area contributed by atoms with Crippen molar-refractivity contribution in [3.05, 3.63) is 27.4 Å². The third kappa shape index (κ3) is 3.66. The van der Waals surface area contributed by atoms with Crippen LogP contribution in [0.1, 0.15) is 62.2 Å². The number of hydrogen-bond acceptors (Lipinski definition) is 3. The van der Waals surface area contributed by atoms with Crippen LogP contribution in [0.4, 0.5) is 0 Å². The largest absolute Gasteiger partial charge is 0.310 e. The average Bonchev–Trinajstić information content (AvgIpc) is 2.36. The molecule has 1 aromatic heterocycles. The number of nitrogens with one attached hydrogen (secondary N) is 2. The molecule has 2 rings (SSSR count). The molecule has 19 heavy (non-hydrogen) atoms. The zero-order chi connectivity index (χ0) is 13.8. The van der Waals surface area contributed by atoms with Crippen LogP contribution in [-0.2, 0) is 0 Å². The number of aryl methyl sites for hydroxylation is 2. The van der Waals surface area contributed by atoms with E-state index in [1.807, 2.05) is 13.8 Å². The zero-order valence-electron chi connectivity index (χ0n) is 12.3. The van der Waals surface area contributed by atoms with Gasteiger partial charge in [0.25, 0.3) is 5.56 Å². The van der Waals surface area contributed by atoms with Crippen LogP contribution in [-0.4, -0.2) is 16.5 Å². The van der Waals surface area contributed by atoms with Crippen molar-refractivity contribution in [3.63, 3.8) is 0 Å². The number of H-pyrrole nitrogens is 1. The summed E-state index contributed by atoms with van der Waals surface area (Å²) in [7, 11) is 0. The summed E-state index contributed by atoms with van der Waals surface area (Å²) < 4.78 is 0. The second kappa shape index (κ2) is 6.33. The third-order valence-corrected chi connectivity index (χ3v) is 4.13. The predicted molar refractivity (Wildman–Crippen MR) is 77.3 cm³/mol. The highest BCUT2D eigenvalue weighted by molar-refractivity contribution is 5.19. The molecule has 0 bridgehead atoms. The maximum absolute atomic E-state index is 12.0. The Balaban J connectivity index is 1.99. The minimum atomic E-state index is -0.00589. The Morgan fingerprint density at radius 1 is 1.32 bits per heavy atom. The van der Waals surface area contributed by atoms with Crippen LogP contribution >= 0.6 is 0 Å². The van der Waals surface area contributed by atoms with Crippen molar-refractivity contribution >= 4 is 0 Å². The Morgan fingerprint density at radius 2 is 2.00 bits per heavy atom. The molecule has 0 spiro atoms. The Morgan fingerprint density at radius 3 is 2.63 bits per heavy atom. The first-order valence-corrected chi connectivity index (χ1v) is 7.38. The van der Waals surface area contributed by atoms with Gasteiger partial charge in [-0.25, -0.2) is 4.98 Å². The number of hydrogen-bond donors (Lipinski definition) is 2. The number of aromatic nitrogens is 2. The van der Waals surface area contributed by atoms with Crippen LogP contribution in [0.2, 0.25) is 0 Å². The summed E-state index contributed by atoms with van der Waals surface area (Å²) in [6.07, 6.45) is 6.73. The zero-order valence-corrected chi connectivity index (χ0v) is 12.3. The van der Waals surface area contributed by atoms with Gasteiger partial charge in [-0.3, -0.25) is 4.79 Å². The smallest absolute Gasteiger partial charge is 0.255 e. The molecule has 1 atom stereocenters. The van der Waals surface area contributed by atoms with Crippen LogP contribution in [0.25, 0.3) is 0 Å². The topological polar surface area (TPSA) is 57.8 Å². The van der Waals surface area contributed by atoms with E-state index in [1.54, 1.807) is 0 Å². The van der Waals surface area contributed by atoms with E-state index in [0.717, 1.165) is 23.7 Å². The molecule has 0 amide bonds. The van der Waals surface area contributed by atoms with Gasteiger partial charge in [-0.15, -0.1) is 0 Å². The molecular weight excluding hydrogens is 238 g/mol. The normalized spacial score (nSPS) is 18.5. The molecule has 4 nitrogen and oxygen atoms in total. The van der Waals surface area contributed by atoms with Crippen molar-refractivity contribution in [1.29, 1.82) is 0 Å². The van der Waals surface area contributed by atoms with Crippen LogP contribution < -0.4 is 10.9 Å². The second-order valence-corrected chi connectivity index (χ2v) is 5.78. The van der Waals surface area contributed by atoms with Crippen LogP contribution in [0.5, 0.6) is 0 Å². The number of aromatic amines is 1. The number of rotatable bonds is 4. The molecule has 1 aliphatic rings. The van der Waals surface area contributed by atoms with E-state index in [9.17, 15) is 4.79 Å². The second-order valence-electron chi connectivity index (χ2n) is 5.78. The van der Waals surface area contributed by atoms with E-state index in [-0.39, 0.29) is 11.6 Å². The molecule has 106 valence electrons. The van der Waals surface area contributed by atoms with Crippen LogP contribution in [0.3, 0.4) is 0 Å². The Bertz CT molecular complexity index is 475. The highest BCUT2D eigenvalue weighted by Gasteiger charge is 2.17. The van der Waals surface area contributed by atoms with Crippen molar-refractivity contribution in [2.75, 3.05) is 6.54 Å². The first kappa shape index (κ1) is 14.3. The molecule has 4 heteroatoms. The summed E-state index contributed by atoms with van der Waals surface area (Å²) in [5, 5.41) is 3.51. The number of nitrogens with zero attached hydrogens (tertiary/aromatic N) is 1. The van der Waals surface area contributed by atoms with Gasteiger partial charge in [-0.1, -0.05) is 19.3 Å². The molecule has 1 unspecified atom stereocenters. The van der Waals surface area contributed by atoms with Gasteiger partial charge in [-0.2, -0.15) is 0 Å². The molecule has 0 aromatic carbocycles. The van der Waals surface area contributed by atoms with Crippen LogP contribution in [0.15, 0.2) is 4.79 Å². The van der Waals surface area contributed by atoms with Crippen molar-refractivity contribution in [1.82, 2.24) is 15.3 Å². The molecule has 1 aromatic rings. The summed E-state index contributed by atoms with van der Waals surface area (Å²) in [5.74, 6) is 1.46. The maximum Gasteiger partial charge on any atom is 0.255 e. The predicted octanol–water partition coefficient (Wildman–Crippen LogP) is 2.62. The lowest BCUT2D eigenvalue weighted by molar-refractivity contribution is 0.331. The molecule has 2 N–H and O–H groups in total. The molecular formula is C15H25N3O. The Labute approximate surface area is 115 Å². The molecule has 1 saturated carbocycles. The van der Waals surface area contributed by atoms with Gasteiger partial charge in [0.1, 0.15) is 5.82 Å². The maximum atomic E-state index is 12.0. The summed E-state index contributed by atoms with van der Waals surface area (Å²) in [6, 6.07) is 0.0683. The van der Waals surface area contributed by atoms with Gasteiger partial charge >= 0.3 is 0 Å². The van der Waals surface area contributed by atoms with E-state index >= 15 is 0 Å². The van der Waals surface area contributed by atoms with Gasteiger partial charge < -0.3 is 10.3 Å². The molecule has 1 aliphatic carbocycles. The van der Waals surface area contributed by atoms with Crippen molar-refractivity contribution in [3.8, 4) is 0 Å². The Kier molecular flexibility index (Phi) is 4.75. The van der Waals surface area contributed by atoms with Gasteiger partial charge in [0.2, 0.25) is 0 Å². The minimum absolute atomic E-state index is 0.00589. The van der Waals surface area contributed by atoms with Gasteiger partial charge in [0.05, 0.1) is 5.56 Å². The quantitative estimate of drug-likeness (QED) is 0.878. The highest BCUT2D eigenvalue weighted by Crippen LogP contribution is 2.23. The molecule has 0 radical (unpaired) electrons. The molecule has 0 saturated heterocycles. The minimum Gasteiger partial charge on any atom is -0.310 e. The molecule has 1 fully saturated rings.